The minimum Gasteiger partial charge on any atom is -0.508 e. The van der Waals surface area contributed by atoms with Gasteiger partial charge in [0.2, 0.25) is 11.8 Å². The van der Waals surface area contributed by atoms with Gasteiger partial charge in [0.25, 0.3) is 5.69 Å². The number of benzene rings is 3. The first-order chi connectivity index (χ1) is 16.9. The Hall–Kier alpha value is -4.51. The molecule has 1 saturated heterocycles. The van der Waals surface area contributed by atoms with Crippen LogP contribution in [0.2, 0.25) is 0 Å². The Labute approximate surface area is 204 Å². The predicted molar refractivity (Wildman–Crippen MR) is 135 cm³/mol. The van der Waals surface area contributed by atoms with Gasteiger partial charge in [-0.05, 0) is 36.4 Å². The van der Waals surface area contributed by atoms with Crippen molar-refractivity contribution in [2.75, 3.05) is 10.2 Å². The lowest BCUT2D eigenvalue weighted by atomic mass is 10.2. The maximum atomic E-state index is 13.2. The Morgan fingerprint density at radius 1 is 1.11 bits per heavy atom. The molecule has 0 saturated carbocycles. The molecule has 1 atom stereocenters. The van der Waals surface area contributed by atoms with E-state index in [0.717, 1.165) is 11.8 Å². The summed E-state index contributed by atoms with van der Waals surface area (Å²) in [6.45, 7) is 0. The highest BCUT2D eigenvalue weighted by atomic mass is 32.2. The van der Waals surface area contributed by atoms with Crippen LogP contribution < -0.4 is 10.2 Å². The number of phenolic OH excluding ortho intramolecular Hbond substituents is 1. The molecule has 2 N–H and O–H groups in total. The summed E-state index contributed by atoms with van der Waals surface area (Å²) >= 11 is 1.09. The number of nitro benzene ring substituents is 1. The van der Waals surface area contributed by atoms with E-state index in [-0.39, 0.29) is 34.8 Å². The van der Waals surface area contributed by atoms with Crippen molar-refractivity contribution in [1.82, 2.24) is 0 Å². The molecule has 4 rings (SSSR count). The number of thioether (sulfide) groups is 1. The van der Waals surface area contributed by atoms with Gasteiger partial charge in [0.15, 0.2) is 5.17 Å². The maximum Gasteiger partial charge on any atom is 0.270 e. The van der Waals surface area contributed by atoms with Gasteiger partial charge < -0.3 is 10.4 Å². The molecule has 11 heteroatoms. The minimum absolute atomic E-state index is 0.0361. The second-order valence-electron chi connectivity index (χ2n) is 7.39. The fourth-order valence-electron chi connectivity index (χ4n) is 3.27. The van der Waals surface area contributed by atoms with Gasteiger partial charge in [-0.25, -0.2) is 0 Å². The van der Waals surface area contributed by atoms with Crippen LogP contribution in [0.5, 0.6) is 5.75 Å². The fraction of sp³-hybridized carbons (Fsp3) is 0.0833. The summed E-state index contributed by atoms with van der Waals surface area (Å²) in [4.78, 5) is 37.5. The molecule has 1 heterocycles. The van der Waals surface area contributed by atoms with Crippen molar-refractivity contribution in [3.05, 3.63) is 94.5 Å². The van der Waals surface area contributed by atoms with Gasteiger partial charge in [-0.3, -0.25) is 24.6 Å². The molecule has 176 valence electrons. The van der Waals surface area contributed by atoms with E-state index in [1.165, 1.54) is 41.4 Å². The molecule has 3 aromatic carbocycles. The van der Waals surface area contributed by atoms with E-state index in [4.69, 9.17) is 0 Å². The molecule has 0 aliphatic carbocycles. The smallest absolute Gasteiger partial charge is 0.270 e. The summed E-state index contributed by atoms with van der Waals surface area (Å²) in [5, 5.41) is 31.0. The quantitative estimate of drug-likeness (QED) is 0.290. The summed E-state index contributed by atoms with van der Waals surface area (Å²) in [7, 11) is 0. The lowest BCUT2D eigenvalue weighted by molar-refractivity contribution is -0.384. The largest absolute Gasteiger partial charge is 0.508 e. The van der Waals surface area contributed by atoms with E-state index in [1.807, 2.05) is 6.07 Å². The second-order valence-corrected chi connectivity index (χ2v) is 8.56. The van der Waals surface area contributed by atoms with Crippen molar-refractivity contribution in [1.29, 1.82) is 0 Å². The van der Waals surface area contributed by atoms with E-state index >= 15 is 0 Å². The summed E-state index contributed by atoms with van der Waals surface area (Å²) in [6, 6.07) is 20.8. The summed E-state index contributed by atoms with van der Waals surface area (Å²) < 4.78 is 0. The molecular formula is C24H19N5O5S. The number of carbonyl (C=O) groups excluding carboxylic acids is 2. The molecule has 3 aromatic rings. The molecule has 0 aromatic heterocycles. The van der Waals surface area contributed by atoms with E-state index in [9.17, 15) is 24.8 Å². The SMILES string of the molecule is O=C(CC1SC(=NN=Cc2cccc([N+](=O)[O-])c2)N(c2ccc(O)cc2)C1=O)Nc1ccccc1. The van der Waals surface area contributed by atoms with Crippen LogP contribution in [-0.4, -0.2) is 38.5 Å². The highest BCUT2D eigenvalue weighted by molar-refractivity contribution is 8.16. The molecular weight excluding hydrogens is 470 g/mol. The normalized spacial score (nSPS) is 16.7. The van der Waals surface area contributed by atoms with Crippen LogP contribution in [-0.2, 0) is 9.59 Å². The number of phenols is 1. The van der Waals surface area contributed by atoms with Gasteiger partial charge in [-0.1, -0.05) is 42.1 Å². The third-order valence-corrected chi connectivity index (χ3v) is 6.03. The van der Waals surface area contributed by atoms with Crippen molar-refractivity contribution in [2.24, 2.45) is 10.2 Å². The van der Waals surface area contributed by atoms with Crippen LogP contribution in [0.25, 0.3) is 0 Å². The molecule has 10 nitrogen and oxygen atoms in total. The summed E-state index contributed by atoms with van der Waals surface area (Å²) in [5.41, 5.74) is 1.46. The average molecular weight is 490 g/mol. The first-order valence-electron chi connectivity index (χ1n) is 10.4. The molecule has 0 spiro atoms. The summed E-state index contributed by atoms with van der Waals surface area (Å²) in [5.74, 6) is -0.642. The second kappa shape index (κ2) is 10.6. The van der Waals surface area contributed by atoms with E-state index in [0.29, 0.717) is 16.9 Å². The number of nitrogens with zero attached hydrogens (tertiary/aromatic N) is 4. The number of anilines is 2. The standard InChI is InChI=1S/C24H19N5O5S/c30-20-11-9-18(10-12-20)28-23(32)21(14-22(31)26-17-6-2-1-3-7-17)35-24(28)27-25-15-16-5-4-8-19(13-16)29(33)34/h1-13,15,21,30H,14H2,(H,26,31). The Morgan fingerprint density at radius 2 is 1.86 bits per heavy atom. The molecule has 0 radical (unpaired) electrons. The number of aromatic hydroxyl groups is 1. The fourth-order valence-corrected chi connectivity index (χ4v) is 4.36. The first kappa shape index (κ1) is 23.6. The zero-order valence-electron chi connectivity index (χ0n) is 18.1. The lowest BCUT2D eigenvalue weighted by Crippen LogP contribution is -2.33. The van der Waals surface area contributed by atoms with E-state index < -0.39 is 10.2 Å². The number of carbonyl (C=O) groups is 2. The van der Waals surface area contributed by atoms with Gasteiger partial charge >= 0.3 is 0 Å². The molecule has 1 unspecified atom stereocenters. The van der Waals surface area contributed by atoms with Crippen molar-refractivity contribution in [3.63, 3.8) is 0 Å². The Balaban J connectivity index is 1.56. The van der Waals surface area contributed by atoms with Crippen LogP contribution in [0, 0.1) is 10.1 Å². The van der Waals surface area contributed by atoms with Crippen LogP contribution in [0.15, 0.2) is 89.1 Å². The minimum atomic E-state index is -0.737. The number of nitro groups is 1. The molecule has 1 aliphatic rings. The average Bonchev–Trinajstić information content (AvgIpc) is 3.15. The van der Waals surface area contributed by atoms with Crippen LogP contribution in [0.4, 0.5) is 17.1 Å². The molecule has 35 heavy (non-hydrogen) atoms. The Kier molecular flexibility index (Phi) is 7.17. The number of rotatable bonds is 7. The molecule has 1 fully saturated rings. The maximum absolute atomic E-state index is 13.2. The zero-order chi connectivity index (χ0) is 24.8. The van der Waals surface area contributed by atoms with Crippen LogP contribution in [0.1, 0.15) is 12.0 Å². The summed E-state index contributed by atoms with van der Waals surface area (Å²) in [6.07, 6.45) is 1.26. The number of nitrogens with one attached hydrogen (secondary N) is 1. The highest BCUT2D eigenvalue weighted by Crippen LogP contribution is 2.34. The van der Waals surface area contributed by atoms with Gasteiger partial charge in [0, 0.05) is 29.8 Å². The topological polar surface area (TPSA) is 138 Å². The first-order valence-corrected chi connectivity index (χ1v) is 11.3. The Morgan fingerprint density at radius 3 is 2.57 bits per heavy atom. The van der Waals surface area contributed by atoms with Crippen molar-refractivity contribution >= 4 is 52.0 Å². The van der Waals surface area contributed by atoms with Gasteiger partial charge in [0.1, 0.15) is 11.0 Å². The molecule has 1 aliphatic heterocycles. The van der Waals surface area contributed by atoms with E-state index in [1.54, 1.807) is 42.5 Å². The number of hydrogen-bond acceptors (Lipinski definition) is 8. The van der Waals surface area contributed by atoms with Crippen LogP contribution >= 0.6 is 11.8 Å². The van der Waals surface area contributed by atoms with Crippen LogP contribution in [0.3, 0.4) is 0 Å². The Bertz CT molecular complexity index is 1310. The monoisotopic (exact) mass is 489 g/mol. The molecule has 0 bridgehead atoms. The zero-order valence-corrected chi connectivity index (χ0v) is 19.0. The van der Waals surface area contributed by atoms with E-state index in [2.05, 4.69) is 15.5 Å². The third-order valence-electron chi connectivity index (χ3n) is 4.90. The van der Waals surface area contributed by atoms with Crippen molar-refractivity contribution < 1.29 is 19.6 Å². The predicted octanol–water partition coefficient (Wildman–Crippen LogP) is 4.17. The highest BCUT2D eigenvalue weighted by Gasteiger charge is 2.40. The van der Waals surface area contributed by atoms with Gasteiger partial charge in [-0.2, -0.15) is 5.10 Å². The van der Waals surface area contributed by atoms with Gasteiger partial charge in [-0.15, -0.1) is 5.10 Å². The van der Waals surface area contributed by atoms with Crippen molar-refractivity contribution in [2.45, 2.75) is 11.7 Å². The number of amidine groups is 1. The number of amides is 2. The number of hydrogen-bond donors (Lipinski definition) is 2. The van der Waals surface area contributed by atoms with Crippen molar-refractivity contribution in [3.8, 4) is 5.75 Å². The van der Waals surface area contributed by atoms with Gasteiger partial charge in [0.05, 0.1) is 16.8 Å². The lowest BCUT2D eigenvalue weighted by Gasteiger charge is -2.15. The number of non-ortho nitro benzene ring substituents is 1. The number of para-hydroxylation sites is 1. The molecule has 2 amide bonds. The third kappa shape index (κ3) is 5.89.